The monoisotopic (exact) mass is 398 g/mol. The van der Waals surface area contributed by atoms with Crippen molar-refractivity contribution in [3.8, 4) is 11.5 Å². The quantitative estimate of drug-likeness (QED) is 0.601. The fourth-order valence-corrected chi connectivity index (χ4v) is 2.79. The summed E-state index contributed by atoms with van der Waals surface area (Å²) in [6.45, 7) is 2.07. The second-order valence-electron chi connectivity index (χ2n) is 6.01. The summed E-state index contributed by atoms with van der Waals surface area (Å²) in [6.07, 6.45) is 0. The Labute approximate surface area is 167 Å². The highest BCUT2D eigenvalue weighted by Gasteiger charge is 2.23. The SMILES string of the molecule is CCOCC(=O)Nc1c(C(=O)Nc2cc(OC)ccc2OC)oc2ccccc12. The van der Waals surface area contributed by atoms with Gasteiger partial charge in [0.05, 0.1) is 19.9 Å². The standard InChI is InChI=1S/C21H22N2O6/c1-4-28-12-18(24)23-19-14-7-5-6-8-16(14)29-20(19)21(25)22-15-11-13(26-2)9-10-17(15)27-3/h5-11H,4,12H2,1-3H3,(H,22,25)(H,23,24). The normalized spacial score (nSPS) is 10.6. The van der Waals surface area contributed by atoms with Crippen molar-refractivity contribution in [1.82, 2.24) is 0 Å². The van der Waals surface area contributed by atoms with Crippen LogP contribution in [-0.4, -0.2) is 39.2 Å². The minimum Gasteiger partial charge on any atom is -0.497 e. The van der Waals surface area contributed by atoms with E-state index in [4.69, 9.17) is 18.6 Å². The van der Waals surface area contributed by atoms with Crippen molar-refractivity contribution in [2.45, 2.75) is 6.92 Å². The van der Waals surface area contributed by atoms with Crippen LogP contribution in [-0.2, 0) is 9.53 Å². The first-order chi connectivity index (χ1) is 14.1. The zero-order valence-corrected chi connectivity index (χ0v) is 16.4. The highest BCUT2D eigenvalue weighted by atomic mass is 16.5. The molecule has 0 aliphatic heterocycles. The molecular formula is C21H22N2O6. The van der Waals surface area contributed by atoms with E-state index in [2.05, 4.69) is 10.6 Å². The van der Waals surface area contributed by atoms with E-state index in [0.29, 0.717) is 34.8 Å². The van der Waals surface area contributed by atoms with E-state index >= 15 is 0 Å². The molecule has 0 spiro atoms. The molecule has 0 bridgehead atoms. The molecule has 29 heavy (non-hydrogen) atoms. The van der Waals surface area contributed by atoms with Crippen LogP contribution in [0.15, 0.2) is 46.9 Å². The van der Waals surface area contributed by atoms with Gasteiger partial charge in [-0.2, -0.15) is 0 Å². The maximum atomic E-state index is 13.0. The Kier molecular flexibility index (Phi) is 6.36. The third kappa shape index (κ3) is 4.49. The van der Waals surface area contributed by atoms with Crippen LogP contribution in [0, 0.1) is 0 Å². The van der Waals surface area contributed by atoms with E-state index in [1.165, 1.54) is 14.2 Å². The first-order valence-electron chi connectivity index (χ1n) is 8.99. The number of furan rings is 1. The summed E-state index contributed by atoms with van der Waals surface area (Å²) >= 11 is 0. The zero-order chi connectivity index (χ0) is 20.8. The van der Waals surface area contributed by atoms with Crippen molar-refractivity contribution in [2.24, 2.45) is 0 Å². The molecule has 1 aromatic heterocycles. The molecular weight excluding hydrogens is 376 g/mol. The first kappa shape index (κ1) is 20.2. The Morgan fingerprint density at radius 1 is 1.03 bits per heavy atom. The van der Waals surface area contributed by atoms with Crippen LogP contribution in [0.4, 0.5) is 11.4 Å². The van der Waals surface area contributed by atoms with Crippen molar-refractivity contribution in [1.29, 1.82) is 0 Å². The maximum Gasteiger partial charge on any atom is 0.293 e. The van der Waals surface area contributed by atoms with Gasteiger partial charge < -0.3 is 29.3 Å². The van der Waals surface area contributed by atoms with Crippen LogP contribution in [0.2, 0.25) is 0 Å². The van der Waals surface area contributed by atoms with Crippen molar-refractivity contribution in [3.63, 3.8) is 0 Å². The lowest BCUT2D eigenvalue weighted by molar-refractivity contribution is -0.120. The van der Waals surface area contributed by atoms with Crippen LogP contribution >= 0.6 is 0 Å². The Morgan fingerprint density at radius 3 is 2.55 bits per heavy atom. The highest BCUT2D eigenvalue weighted by Crippen LogP contribution is 2.33. The second-order valence-corrected chi connectivity index (χ2v) is 6.01. The molecule has 8 heteroatoms. The molecule has 0 saturated carbocycles. The number of amides is 2. The Bertz CT molecular complexity index is 1030. The number of methoxy groups -OCH3 is 2. The predicted octanol–water partition coefficient (Wildman–Crippen LogP) is 3.68. The number of benzene rings is 2. The van der Waals surface area contributed by atoms with Gasteiger partial charge in [-0.3, -0.25) is 9.59 Å². The van der Waals surface area contributed by atoms with E-state index in [0.717, 1.165) is 0 Å². The van der Waals surface area contributed by atoms with Crippen LogP contribution in [0.25, 0.3) is 11.0 Å². The van der Waals surface area contributed by atoms with Crippen molar-refractivity contribution in [2.75, 3.05) is 38.1 Å². The number of carbonyl (C=O) groups is 2. The number of hydrogen-bond acceptors (Lipinski definition) is 6. The number of nitrogens with one attached hydrogen (secondary N) is 2. The molecule has 0 aliphatic carbocycles. The van der Waals surface area contributed by atoms with Crippen LogP contribution < -0.4 is 20.1 Å². The van der Waals surface area contributed by atoms with Crippen molar-refractivity contribution < 1.29 is 28.2 Å². The van der Waals surface area contributed by atoms with Gasteiger partial charge in [0.25, 0.3) is 5.91 Å². The summed E-state index contributed by atoms with van der Waals surface area (Å²) in [5.74, 6) is 0.0555. The second kappa shape index (κ2) is 9.11. The molecule has 0 atom stereocenters. The molecule has 2 N–H and O–H groups in total. The number of ether oxygens (including phenoxy) is 3. The van der Waals surface area contributed by atoms with Crippen LogP contribution in [0.5, 0.6) is 11.5 Å². The molecule has 2 amide bonds. The molecule has 0 fully saturated rings. The van der Waals surface area contributed by atoms with Gasteiger partial charge in [-0.05, 0) is 31.2 Å². The fraction of sp³-hybridized carbons (Fsp3) is 0.238. The van der Waals surface area contributed by atoms with Gasteiger partial charge in [-0.25, -0.2) is 0 Å². The summed E-state index contributed by atoms with van der Waals surface area (Å²) in [5, 5.41) is 6.07. The molecule has 2 aromatic carbocycles. The first-order valence-corrected chi connectivity index (χ1v) is 8.99. The number of para-hydroxylation sites is 1. The lowest BCUT2D eigenvalue weighted by Gasteiger charge is -2.12. The summed E-state index contributed by atoms with van der Waals surface area (Å²) in [4.78, 5) is 25.2. The van der Waals surface area contributed by atoms with Gasteiger partial charge in [0.1, 0.15) is 29.4 Å². The van der Waals surface area contributed by atoms with Gasteiger partial charge in [-0.15, -0.1) is 0 Å². The number of anilines is 2. The van der Waals surface area contributed by atoms with E-state index in [-0.39, 0.29) is 24.0 Å². The van der Waals surface area contributed by atoms with E-state index in [9.17, 15) is 9.59 Å². The van der Waals surface area contributed by atoms with E-state index < -0.39 is 5.91 Å². The minimum atomic E-state index is -0.542. The number of fused-ring (bicyclic) bond motifs is 1. The molecule has 3 aromatic rings. The van der Waals surface area contributed by atoms with Gasteiger partial charge in [-0.1, -0.05) is 12.1 Å². The molecule has 0 unspecified atom stereocenters. The number of carbonyl (C=O) groups excluding carboxylic acids is 2. The number of hydrogen-bond donors (Lipinski definition) is 2. The van der Waals surface area contributed by atoms with Gasteiger partial charge in [0, 0.05) is 18.1 Å². The number of rotatable bonds is 8. The largest absolute Gasteiger partial charge is 0.497 e. The average molecular weight is 398 g/mol. The van der Waals surface area contributed by atoms with E-state index in [1.54, 1.807) is 49.4 Å². The van der Waals surface area contributed by atoms with Crippen LogP contribution in [0.1, 0.15) is 17.5 Å². The third-order valence-electron chi connectivity index (χ3n) is 4.16. The lowest BCUT2D eigenvalue weighted by atomic mass is 10.2. The summed E-state index contributed by atoms with van der Waals surface area (Å²) < 4.78 is 21.4. The molecule has 0 aliphatic rings. The van der Waals surface area contributed by atoms with Crippen LogP contribution in [0.3, 0.4) is 0 Å². The van der Waals surface area contributed by atoms with Crippen molar-refractivity contribution >= 4 is 34.2 Å². The van der Waals surface area contributed by atoms with Gasteiger partial charge in [0.15, 0.2) is 0 Å². The molecule has 152 valence electrons. The summed E-state index contributed by atoms with van der Waals surface area (Å²) in [7, 11) is 3.02. The summed E-state index contributed by atoms with van der Waals surface area (Å²) in [6, 6.07) is 12.1. The molecule has 0 radical (unpaired) electrons. The van der Waals surface area contributed by atoms with Gasteiger partial charge >= 0.3 is 0 Å². The van der Waals surface area contributed by atoms with Crippen molar-refractivity contribution in [3.05, 3.63) is 48.2 Å². The van der Waals surface area contributed by atoms with E-state index in [1.807, 2.05) is 0 Å². The third-order valence-corrected chi connectivity index (χ3v) is 4.16. The lowest BCUT2D eigenvalue weighted by Crippen LogP contribution is -2.21. The average Bonchev–Trinajstić information content (AvgIpc) is 3.10. The molecule has 0 saturated heterocycles. The predicted molar refractivity (Wildman–Crippen MR) is 109 cm³/mol. The Hall–Kier alpha value is -3.52. The Balaban J connectivity index is 1.95. The zero-order valence-electron chi connectivity index (χ0n) is 16.4. The van der Waals surface area contributed by atoms with Gasteiger partial charge in [0.2, 0.25) is 11.7 Å². The Morgan fingerprint density at radius 2 is 1.83 bits per heavy atom. The highest BCUT2D eigenvalue weighted by molar-refractivity contribution is 6.15. The summed E-state index contributed by atoms with van der Waals surface area (Å²) in [5.41, 5.74) is 1.16. The maximum absolute atomic E-state index is 13.0. The molecule has 8 nitrogen and oxygen atoms in total. The minimum absolute atomic E-state index is 0.0269. The molecule has 3 rings (SSSR count). The topological polar surface area (TPSA) is 99.0 Å². The fourth-order valence-electron chi connectivity index (χ4n) is 2.79. The molecule has 1 heterocycles. The smallest absolute Gasteiger partial charge is 0.293 e.